The summed E-state index contributed by atoms with van der Waals surface area (Å²) < 4.78 is 0. The molecule has 2 rings (SSSR count). The van der Waals surface area contributed by atoms with Crippen LogP contribution in [0.3, 0.4) is 0 Å². The number of hydrogen-bond donors (Lipinski definition) is 2. The van der Waals surface area contributed by atoms with Gasteiger partial charge < -0.3 is 10.6 Å². The Labute approximate surface area is 243 Å². The molecule has 0 saturated carbocycles. The number of hydrogen-bond acceptors (Lipinski definition) is 2. The van der Waals surface area contributed by atoms with Gasteiger partial charge in [0.25, 0.3) is 0 Å². The van der Waals surface area contributed by atoms with Crippen molar-refractivity contribution >= 4 is 11.8 Å². The Hall–Kier alpha value is -3.50. The van der Waals surface area contributed by atoms with Gasteiger partial charge in [-0.2, -0.15) is 0 Å². The van der Waals surface area contributed by atoms with E-state index >= 15 is 0 Å². The molecule has 0 aliphatic carbocycles. The Bertz CT molecular complexity index is 1050. The Kier molecular flexibility index (Phi) is 16.0. The van der Waals surface area contributed by atoms with E-state index in [1.165, 1.54) is 11.1 Å². The topological polar surface area (TPSA) is 58.2 Å². The van der Waals surface area contributed by atoms with Crippen LogP contribution in [0.1, 0.15) is 125 Å². The molecule has 4 heteroatoms. The first-order valence-corrected chi connectivity index (χ1v) is 15.0. The fourth-order valence-electron chi connectivity index (χ4n) is 4.42. The second-order valence-electron chi connectivity index (χ2n) is 10.8. The summed E-state index contributed by atoms with van der Waals surface area (Å²) in [6.45, 7) is 8.19. The molecule has 0 aliphatic heterocycles. The summed E-state index contributed by atoms with van der Waals surface area (Å²) in [5.41, 5.74) is 4.73. The molecule has 214 valence electrons. The van der Waals surface area contributed by atoms with Crippen LogP contribution < -0.4 is 10.6 Å². The molecule has 2 atom stereocenters. The number of amides is 2. The van der Waals surface area contributed by atoms with Gasteiger partial charge in [-0.05, 0) is 76.3 Å². The van der Waals surface area contributed by atoms with E-state index in [-0.39, 0.29) is 23.9 Å². The van der Waals surface area contributed by atoms with Crippen LogP contribution in [0.2, 0.25) is 0 Å². The van der Waals surface area contributed by atoms with Crippen molar-refractivity contribution in [2.24, 2.45) is 0 Å². The third kappa shape index (κ3) is 14.6. The predicted molar refractivity (Wildman–Crippen MR) is 166 cm³/mol. The van der Waals surface area contributed by atoms with E-state index in [2.05, 4.69) is 96.7 Å². The molecule has 2 amide bonds. The van der Waals surface area contributed by atoms with Crippen LogP contribution in [0.4, 0.5) is 0 Å². The molecule has 2 N–H and O–H groups in total. The SMILES string of the molecule is Cc1ccc(C(C)NC(=O)CCCCCCC#CC#CCCCCCCC(=O)NC(C)c2ccc(C)cc2)cc1. The third-order valence-electron chi connectivity index (χ3n) is 7.06. The Morgan fingerprint density at radius 1 is 0.575 bits per heavy atom. The Morgan fingerprint density at radius 2 is 0.925 bits per heavy atom. The molecule has 2 aromatic rings. The molecular weight excluding hydrogens is 492 g/mol. The van der Waals surface area contributed by atoms with Gasteiger partial charge in [-0.3, -0.25) is 9.59 Å². The van der Waals surface area contributed by atoms with Gasteiger partial charge in [-0.25, -0.2) is 0 Å². The van der Waals surface area contributed by atoms with E-state index in [4.69, 9.17) is 0 Å². The maximum Gasteiger partial charge on any atom is 0.220 e. The summed E-state index contributed by atoms with van der Waals surface area (Å²) in [5.74, 6) is 12.4. The van der Waals surface area contributed by atoms with Crippen LogP contribution in [-0.4, -0.2) is 11.8 Å². The number of unbranched alkanes of at least 4 members (excludes halogenated alkanes) is 8. The molecule has 0 fully saturated rings. The number of benzene rings is 2. The van der Waals surface area contributed by atoms with Crippen molar-refractivity contribution in [3.05, 3.63) is 70.8 Å². The van der Waals surface area contributed by atoms with Crippen molar-refractivity contribution in [2.45, 2.75) is 117 Å². The monoisotopic (exact) mass is 540 g/mol. The average molecular weight is 541 g/mol. The lowest BCUT2D eigenvalue weighted by molar-refractivity contribution is -0.122. The predicted octanol–water partition coefficient (Wildman–Crippen LogP) is 8.05. The largest absolute Gasteiger partial charge is 0.350 e. The zero-order valence-corrected chi connectivity index (χ0v) is 25.1. The molecule has 0 bridgehead atoms. The third-order valence-corrected chi connectivity index (χ3v) is 7.06. The Balaban J connectivity index is 1.40. The lowest BCUT2D eigenvalue weighted by Crippen LogP contribution is -2.26. The summed E-state index contributed by atoms with van der Waals surface area (Å²) in [6.07, 6.45) is 11.1. The van der Waals surface area contributed by atoms with Gasteiger partial charge in [0.1, 0.15) is 0 Å². The second kappa shape index (κ2) is 19.5. The van der Waals surface area contributed by atoms with Crippen molar-refractivity contribution in [1.29, 1.82) is 0 Å². The van der Waals surface area contributed by atoms with Crippen molar-refractivity contribution in [3.63, 3.8) is 0 Å². The summed E-state index contributed by atoms with van der Waals surface area (Å²) in [7, 11) is 0. The minimum absolute atomic E-state index is 0.0432. The van der Waals surface area contributed by atoms with Gasteiger partial charge in [-0.15, -0.1) is 0 Å². The fourth-order valence-corrected chi connectivity index (χ4v) is 4.42. The van der Waals surface area contributed by atoms with E-state index in [1.54, 1.807) is 0 Å². The van der Waals surface area contributed by atoms with Gasteiger partial charge in [0.15, 0.2) is 0 Å². The van der Waals surface area contributed by atoms with Crippen LogP contribution in [0.25, 0.3) is 0 Å². The first kappa shape index (κ1) is 32.7. The van der Waals surface area contributed by atoms with E-state index < -0.39 is 0 Å². The number of rotatable bonds is 16. The number of aryl methyl sites for hydroxylation is 2. The lowest BCUT2D eigenvalue weighted by Gasteiger charge is -2.14. The van der Waals surface area contributed by atoms with Crippen LogP contribution in [0.15, 0.2) is 48.5 Å². The molecule has 4 nitrogen and oxygen atoms in total. The first-order chi connectivity index (χ1) is 19.3. The highest BCUT2D eigenvalue weighted by Crippen LogP contribution is 2.15. The van der Waals surface area contributed by atoms with Crippen LogP contribution in [-0.2, 0) is 9.59 Å². The summed E-state index contributed by atoms with van der Waals surface area (Å²) >= 11 is 0. The van der Waals surface area contributed by atoms with E-state index in [1.807, 2.05) is 13.8 Å². The quantitative estimate of drug-likeness (QED) is 0.167. The highest BCUT2D eigenvalue weighted by Gasteiger charge is 2.10. The maximum atomic E-state index is 12.2. The fraction of sp³-hybridized carbons (Fsp3) is 0.500. The zero-order valence-electron chi connectivity index (χ0n) is 25.1. The highest BCUT2D eigenvalue weighted by molar-refractivity contribution is 5.76. The second-order valence-corrected chi connectivity index (χ2v) is 10.8. The van der Waals surface area contributed by atoms with Crippen LogP contribution in [0.5, 0.6) is 0 Å². The van der Waals surface area contributed by atoms with Gasteiger partial charge in [0.05, 0.1) is 12.1 Å². The molecule has 0 heterocycles. The normalized spacial score (nSPS) is 11.8. The smallest absolute Gasteiger partial charge is 0.220 e. The average Bonchev–Trinajstić information content (AvgIpc) is 2.93. The van der Waals surface area contributed by atoms with Gasteiger partial charge >= 0.3 is 0 Å². The van der Waals surface area contributed by atoms with Gasteiger partial charge in [-0.1, -0.05) is 97.2 Å². The summed E-state index contributed by atoms with van der Waals surface area (Å²) in [4.78, 5) is 24.4. The highest BCUT2D eigenvalue weighted by atomic mass is 16.2. The zero-order chi connectivity index (χ0) is 29.0. The van der Waals surface area contributed by atoms with Crippen LogP contribution in [0, 0.1) is 37.5 Å². The minimum Gasteiger partial charge on any atom is -0.350 e. The number of carbonyl (C=O) groups is 2. The van der Waals surface area contributed by atoms with Crippen molar-refractivity contribution in [2.75, 3.05) is 0 Å². The van der Waals surface area contributed by atoms with Crippen molar-refractivity contribution in [3.8, 4) is 23.7 Å². The molecule has 0 aromatic heterocycles. The molecule has 0 spiro atoms. The Morgan fingerprint density at radius 3 is 1.30 bits per heavy atom. The molecule has 2 aromatic carbocycles. The standard InChI is InChI=1S/C36H48N2O2/c1-29-21-25-33(26-22-29)31(3)37-35(39)19-17-15-13-11-9-7-5-6-8-10-12-14-16-18-20-36(40)38-32(4)34-27-23-30(2)24-28-34/h21-28,31-32H,9-20H2,1-4H3,(H,37,39)(H,38,40). The number of carbonyl (C=O) groups excluding carboxylic acids is 2. The molecule has 0 radical (unpaired) electrons. The van der Waals surface area contributed by atoms with E-state index in [0.29, 0.717) is 12.8 Å². The molecule has 0 saturated heterocycles. The molecule has 40 heavy (non-hydrogen) atoms. The van der Waals surface area contributed by atoms with E-state index in [0.717, 1.165) is 75.3 Å². The maximum absolute atomic E-state index is 12.2. The van der Waals surface area contributed by atoms with Crippen LogP contribution >= 0.6 is 0 Å². The molecule has 0 aliphatic rings. The first-order valence-electron chi connectivity index (χ1n) is 15.0. The van der Waals surface area contributed by atoms with Gasteiger partial charge in [0, 0.05) is 25.7 Å². The molecular formula is C36H48N2O2. The molecule has 2 unspecified atom stereocenters. The summed E-state index contributed by atoms with van der Waals surface area (Å²) in [6, 6.07) is 16.7. The number of nitrogens with one attached hydrogen (secondary N) is 2. The minimum atomic E-state index is 0.0432. The van der Waals surface area contributed by atoms with Crippen molar-refractivity contribution < 1.29 is 9.59 Å². The van der Waals surface area contributed by atoms with Crippen molar-refractivity contribution in [1.82, 2.24) is 10.6 Å². The summed E-state index contributed by atoms with van der Waals surface area (Å²) in [5, 5.41) is 6.18. The lowest BCUT2D eigenvalue weighted by atomic mass is 10.1. The van der Waals surface area contributed by atoms with Gasteiger partial charge in [0.2, 0.25) is 11.8 Å². The van der Waals surface area contributed by atoms with E-state index in [9.17, 15) is 9.59 Å².